The number of nitriles is 2. The van der Waals surface area contributed by atoms with Crippen molar-refractivity contribution >= 4 is 5.97 Å². The summed E-state index contributed by atoms with van der Waals surface area (Å²) < 4.78 is 31.8. The van der Waals surface area contributed by atoms with Crippen molar-refractivity contribution in [2.45, 2.75) is 18.9 Å². The van der Waals surface area contributed by atoms with E-state index in [2.05, 4.69) is 17.5 Å². The van der Waals surface area contributed by atoms with E-state index in [4.69, 9.17) is 4.74 Å². The molecule has 2 aromatic carbocycles. The number of nitrogens with one attached hydrogen (secondary N) is 1. The molecule has 0 spiro atoms. The van der Waals surface area contributed by atoms with Gasteiger partial charge in [0.2, 0.25) is 0 Å². The molecule has 2 atom stereocenters. The van der Waals surface area contributed by atoms with E-state index in [9.17, 15) is 24.1 Å². The topological polar surface area (TPSA) is 85.9 Å². The van der Waals surface area contributed by atoms with E-state index in [1.54, 1.807) is 6.92 Å². The van der Waals surface area contributed by atoms with E-state index >= 15 is 0 Å². The lowest BCUT2D eigenvalue weighted by atomic mass is 9.62. The molecular weight excluding hydrogens is 376 g/mol. The van der Waals surface area contributed by atoms with Crippen LogP contribution in [0.15, 0.2) is 59.8 Å². The number of hydrogen-bond donors (Lipinski definition) is 1. The summed E-state index contributed by atoms with van der Waals surface area (Å²) in [5, 5.41) is 23.3. The van der Waals surface area contributed by atoms with E-state index < -0.39 is 35.0 Å². The summed E-state index contributed by atoms with van der Waals surface area (Å²) in [4.78, 5) is 12.6. The Hall–Kier alpha value is -3.71. The molecule has 1 aliphatic heterocycles. The largest absolute Gasteiger partial charge is 0.466 e. The third-order valence-electron chi connectivity index (χ3n) is 5.15. The van der Waals surface area contributed by atoms with Crippen molar-refractivity contribution in [1.82, 2.24) is 5.32 Å². The van der Waals surface area contributed by atoms with Gasteiger partial charge < -0.3 is 10.1 Å². The van der Waals surface area contributed by atoms with Crippen LogP contribution in [0.5, 0.6) is 0 Å². The van der Waals surface area contributed by atoms with Crippen LogP contribution in [0.1, 0.15) is 30.0 Å². The quantitative estimate of drug-likeness (QED) is 0.800. The number of hydrogen-bond acceptors (Lipinski definition) is 5. The Morgan fingerprint density at radius 2 is 1.48 bits per heavy atom. The number of benzene rings is 2. The smallest absolute Gasteiger partial charge is 0.336 e. The molecule has 5 nitrogen and oxygen atoms in total. The second-order valence-corrected chi connectivity index (χ2v) is 6.74. The third kappa shape index (κ3) is 3.32. The van der Waals surface area contributed by atoms with Crippen molar-refractivity contribution in [2.24, 2.45) is 5.41 Å². The number of esters is 1. The zero-order chi connectivity index (χ0) is 21.2. The average molecular weight is 393 g/mol. The molecule has 0 saturated heterocycles. The first-order valence-electron chi connectivity index (χ1n) is 8.77. The summed E-state index contributed by atoms with van der Waals surface area (Å²) in [6.45, 7) is 1.64. The van der Waals surface area contributed by atoms with Crippen LogP contribution in [0.3, 0.4) is 0 Å². The van der Waals surface area contributed by atoms with E-state index in [-0.39, 0.29) is 5.57 Å². The van der Waals surface area contributed by atoms with Crippen LogP contribution in [-0.4, -0.2) is 13.1 Å². The molecule has 0 fully saturated rings. The second kappa shape index (κ2) is 7.73. The Balaban J connectivity index is 2.31. The lowest BCUT2D eigenvalue weighted by Gasteiger charge is -2.42. The fourth-order valence-electron chi connectivity index (χ4n) is 3.77. The monoisotopic (exact) mass is 393 g/mol. The number of carbonyl (C=O) groups excluding carboxylic acids is 1. The SMILES string of the molecule is COC(=O)C1=C(C)NC(c2ccc(F)cc2)C(C#N)(C#N)C1c1ccc(F)cc1. The lowest BCUT2D eigenvalue weighted by molar-refractivity contribution is -0.137. The third-order valence-corrected chi connectivity index (χ3v) is 5.15. The van der Waals surface area contributed by atoms with Gasteiger partial charge in [0.15, 0.2) is 5.41 Å². The highest BCUT2D eigenvalue weighted by atomic mass is 19.1. The molecule has 1 N–H and O–H groups in total. The van der Waals surface area contributed by atoms with Gasteiger partial charge in [0.1, 0.15) is 11.6 Å². The van der Waals surface area contributed by atoms with Gasteiger partial charge in [-0.3, -0.25) is 0 Å². The van der Waals surface area contributed by atoms with Crippen molar-refractivity contribution in [1.29, 1.82) is 10.5 Å². The average Bonchev–Trinajstić information content (AvgIpc) is 2.74. The van der Waals surface area contributed by atoms with Gasteiger partial charge in [-0.05, 0) is 42.3 Å². The zero-order valence-electron chi connectivity index (χ0n) is 15.7. The van der Waals surface area contributed by atoms with Crippen LogP contribution in [-0.2, 0) is 9.53 Å². The summed E-state index contributed by atoms with van der Waals surface area (Å²) in [5.74, 6) is -2.65. The minimum absolute atomic E-state index is 0.112. The molecule has 1 heterocycles. The van der Waals surface area contributed by atoms with Crippen LogP contribution in [0.2, 0.25) is 0 Å². The van der Waals surface area contributed by atoms with Gasteiger partial charge in [-0.25, -0.2) is 13.6 Å². The van der Waals surface area contributed by atoms with Gasteiger partial charge in [-0.1, -0.05) is 24.3 Å². The van der Waals surface area contributed by atoms with E-state index in [0.29, 0.717) is 16.8 Å². The van der Waals surface area contributed by atoms with Gasteiger partial charge in [0, 0.05) is 5.70 Å². The van der Waals surface area contributed by atoms with Crippen molar-refractivity contribution in [2.75, 3.05) is 7.11 Å². The number of methoxy groups -OCH3 is 1. The molecule has 0 radical (unpaired) electrons. The van der Waals surface area contributed by atoms with Crippen molar-refractivity contribution in [3.63, 3.8) is 0 Å². The van der Waals surface area contributed by atoms with Gasteiger partial charge >= 0.3 is 5.97 Å². The maximum absolute atomic E-state index is 13.5. The Labute approximate surface area is 166 Å². The van der Waals surface area contributed by atoms with Gasteiger partial charge in [0.25, 0.3) is 0 Å². The van der Waals surface area contributed by atoms with Gasteiger partial charge in [0.05, 0.1) is 36.8 Å². The fraction of sp³-hybridized carbons (Fsp3) is 0.227. The summed E-state index contributed by atoms with van der Waals surface area (Å²) in [6, 6.07) is 14.0. The minimum atomic E-state index is -1.78. The highest BCUT2D eigenvalue weighted by Crippen LogP contribution is 2.52. The highest BCUT2D eigenvalue weighted by molar-refractivity contribution is 5.92. The molecule has 0 saturated carbocycles. The highest BCUT2D eigenvalue weighted by Gasteiger charge is 2.55. The molecule has 0 aliphatic carbocycles. The number of ether oxygens (including phenoxy) is 1. The van der Waals surface area contributed by atoms with Crippen molar-refractivity contribution in [3.8, 4) is 12.1 Å². The molecule has 29 heavy (non-hydrogen) atoms. The number of halogens is 2. The van der Waals surface area contributed by atoms with E-state index in [1.165, 1.54) is 55.6 Å². The summed E-state index contributed by atoms with van der Waals surface area (Å²) >= 11 is 0. The molecule has 0 aromatic heterocycles. The molecule has 7 heteroatoms. The molecule has 2 aromatic rings. The Bertz CT molecular complexity index is 1030. The van der Waals surface area contributed by atoms with Crippen LogP contribution >= 0.6 is 0 Å². The number of nitrogens with zero attached hydrogens (tertiary/aromatic N) is 2. The Morgan fingerprint density at radius 1 is 1.00 bits per heavy atom. The summed E-state index contributed by atoms with van der Waals surface area (Å²) in [5.41, 5.74) is -0.325. The maximum Gasteiger partial charge on any atom is 0.336 e. The van der Waals surface area contributed by atoms with Crippen molar-refractivity contribution in [3.05, 3.63) is 82.6 Å². The number of allylic oxidation sites excluding steroid dienone is 1. The maximum atomic E-state index is 13.5. The van der Waals surface area contributed by atoms with Crippen LogP contribution in [0.25, 0.3) is 0 Å². The van der Waals surface area contributed by atoms with Gasteiger partial charge in [-0.15, -0.1) is 0 Å². The number of carbonyl (C=O) groups is 1. The Kier molecular flexibility index (Phi) is 5.34. The fourth-order valence-corrected chi connectivity index (χ4v) is 3.77. The molecular formula is C22H17F2N3O2. The Morgan fingerprint density at radius 3 is 1.93 bits per heavy atom. The minimum Gasteiger partial charge on any atom is -0.466 e. The lowest BCUT2D eigenvalue weighted by Crippen LogP contribution is -2.47. The summed E-state index contributed by atoms with van der Waals surface area (Å²) in [6.07, 6.45) is 0. The van der Waals surface area contributed by atoms with Gasteiger partial charge in [-0.2, -0.15) is 10.5 Å². The number of rotatable bonds is 3. The molecule has 146 valence electrons. The first-order valence-corrected chi connectivity index (χ1v) is 8.77. The molecule has 2 unspecified atom stereocenters. The summed E-state index contributed by atoms with van der Waals surface area (Å²) in [7, 11) is 1.21. The molecule has 3 rings (SSSR count). The first kappa shape index (κ1) is 20.0. The zero-order valence-corrected chi connectivity index (χ0v) is 15.7. The normalized spacial score (nSPS) is 20.2. The molecule has 0 bridgehead atoms. The predicted octanol–water partition coefficient (Wildman–Crippen LogP) is 3.87. The van der Waals surface area contributed by atoms with E-state index in [1.807, 2.05) is 0 Å². The van der Waals surface area contributed by atoms with Crippen LogP contribution < -0.4 is 5.32 Å². The molecule has 0 amide bonds. The van der Waals surface area contributed by atoms with E-state index in [0.717, 1.165) is 0 Å². The van der Waals surface area contributed by atoms with Crippen molar-refractivity contribution < 1.29 is 18.3 Å². The van der Waals surface area contributed by atoms with Crippen LogP contribution in [0, 0.1) is 39.7 Å². The standard InChI is InChI=1S/C22H17F2N3O2/c1-13-18(21(28)29-2)19(14-3-7-16(23)8-4-14)22(11-25,12-26)20(27-13)15-5-9-17(24)10-6-15/h3-10,19-20,27H,1-2H3. The molecule has 1 aliphatic rings. The second-order valence-electron chi connectivity index (χ2n) is 6.74. The predicted molar refractivity (Wildman–Crippen MR) is 99.8 cm³/mol. The van der Waals surface area contributed by atoms with Crippen LogP contribution in [0.4, 0.5) is 8.78 Å². The first-order chi connectivity index (χ1) is 13.9.